The van der Waals surface area contributed by atoms with E-state index in [0.717, 1.165) is 0 Å². The molecular formula is C12H16N6O3. The van der Waals surface area contributed by atoms with E-state index in [1.807, 2.05) is 13.8 Å². The van der Waals surface area contributed by atoms with E-state index < -0.39 is 5.91 Å². The van der Waals surface area contributed by atoms with Crippen molar-refractivity contribution in [3.05, 3.63) is 17.7 Å². The number of nitrogens with one attached hydrogen (secondary N) is 2. The molecule has 0 bridgehead atoms. The summed E-state index contributed by atoms with van der Waals surface area (Å²) >= 11 is 0. The monoisotopic (exact) mass is 292 g/mol. The zero-order valence-electron chi connectivity index (χ0n) is 12.2. The molecule has 2 rings (SSSR count). The molecular weight excluding hydrogens is 276 g/mol. The lowest BCUT2D eigenvalue weighted by atomic mass is 10.2. The molecule has 2 aromatic heterocycles. The normalized spacial score (nSPS) is 10.5. The number of aromatic nitrogens is 5. The fourth-order valence-electron chi connectivity index (χ4n) is 1.46. The summed E-state index contributed by atoms with van der Waals surface area (Å²) in [5.41, 5.74) is 0. The molecule has 9 nitrogen and oxygen atoms in total. The molecule has 21 heavy (non-hydrogen) atoms. The highest BCUT2D eigenvalue weighted by Crippen LogP contribution is 2.17. The van der Waals surface area contributed by atoms with Crippen LogP contribution < -0.4 is 14.8 Å². The molecule has 0 unspecified atom stereocenters. The molecule has 0 aromatic carbocycles. The Balaban J connectivity index is 2.18. The molecule has 0 aliphatic carbocycles. The summed E-state index contributed by atoms with van der Waals surface area (Å²) in [7, 11) is 2.91. The molecule has 0 spiro atoms. The predicted octanol–water partition coefficient (Wildman–Crippen LogP) is 0.988. The summed E-state index contributed by atoms with van der Waals surface area (Å²) in [5, 5.41) is 9.05. The standard InChI is InChI=1S/C12H16N6O3/c1-6(2)9-15-10(18-17-9)11(19)16-12-13-7(20-3)5-8(14-12)21-4/h5-6H,1-4H3,(H,15,17,18)(H,13,14,16,19). The van der Waals surface area contributed by atoms with Crippen LogP contribution in [0.2, 0.25) is 0 Å². The van der Waals surface area contributed by atoms with Gasteiger partial charge in [-0.1, -0.05) is 13.8 Å². The highest BCUT2D eigenvalue weighted by Gasteiger charge is 2.16. The summed E-state index contributed by atoms with van der Waals surface area (Å²) < 4.78 is 10.0. The van der Waals surface area contributed by atoms with Gasteiger partial charge in [-0.2, -0.15) is 9.97 Å². The third-order valence-corrected chi connectivity index (χ3v) is 2.58. The largest absolute Gasteiger partial charge is 0.481 e. The fourth-order valence-corrected chi connectivity index (χ4v) is 1.46. The molecule has 2 heterocycles. The van der Waals surface area contributed by atoms with Gasteiger partial charge in [0.15, 0.2) is 0 Å². The van der Waals surface area contributed by atoms with Crippen LogP contribution >= 0.6 is 0 Å². The molecule has 0 aliphatic heterocycles. The third kappa shape index (κ3) is 3.44. The van der Waals surface area contributed by atoms with Gasteiger partial charge in [-0.15, -0.1) is 5.10 Å². The van der Waals surface area contributed by atoms with Crippen molar-refractivity contribution in [2.24, 2.45) is 0 Å². The number of hydrogen-bond acceptors (Lipinski definition) is 7. The number of ether oxygens (including phenoxy) is 2. The van der Waals surface area contributed by atoms with Crippen molar-refractivity contribution in [3.63, 3.8) is 0 Å². The molecule has 1 amide bonds. The van der Waals surface area contributed by atoms with Gasteiger partial charge in [-0.3, -0.25) is 15.2 Å². The zero-order valence-corrected chi connectivity index (χ0v) is 12.2. The van der Waals surface area contributed by atoms with E-state index in [4.69, 9.17) is 9.47 Å². The Bertz CT molecular complexity index is 617. The Kier molecular flexibility index (Phi) is 4.31. The molecule has 2 N–H and O–H groups in total. The minimum absolute atomic E-state index is 0.0177. The van der Waals surface area contributed by atoms with Gasteiger partial charge in [0.25, 0.3) is 5.91 Å². The molecule has 0 fully saturated rings. The van der Waals surface area contributed by atoms with Crippen LogP contribution in [-0.4, -0.2) is 45.3 Å². The second-order valence-electron chi connectivity index (χ2n) is 4.43. The number of aromatic amines is 1. The zero-order chi connectivity index (χ0) is 15.4. The number of H-pyrrole nitrogens is 1. The first-order valence-corrected chi connectivity index (χ1v) is 6.24. The minimum atomic E-state index is -0.520. The number of anilines is 1. The van der Waals surface area contributed by atoms with Crippen molar-refractivity contribution in [3.8, 4) is 11.8 Å². The van der Waals surface area contributed by atoms with E-state index >= 15 is 0 Å². The van der Waals surface area contributed by atoms with Crippen LogP contribution in [-0.2, 0) is 0 Å². The number of carbonyl (C=O) groups is 1. The van der Waals surface area contributed by atoms with Gasteiger partial charge >= 0.3 is 0 Å². The van der Waals surface area contributed by atoms with E-state index in [-0.39, 0.29) is 29.5 Å². The second kappa shape index (κ2) is 6.16. The van der Waals surface area contributed by atoms with Crippen molar-refractivity contribution >= 4 is 11.9 Å². The maximum atomic E-state index is 12.0. The summed E-state index contributed by atoms with van der Waals surface area (Å²) in [6.45, 7) is 3.89. The Labute approximate surface area is 121 Å². The number of methoxy groups -OCH3 is 2. The number of hydrogen-bond donors (Lipinski definition) is 2. The van der Waals surface area contributed by atoms with Gasteiger partial charge in [0.05, 0.1) is 20.3 Å². The van der Waals surface area contributed by atoms with E-state index in [1.54, 1.807) is 0 Å². The minimum Gasteiger partial charge on any atom is -0.481 e. The Hall–Kier alpha value is -2.71. The van der Waals surface area contributed by atoms with Crippen molar-refractivity contribution in [2.75, 3.05) is 19.5 Å². The molecule has 0 saturated carbocycles. The fraction of sp³-hybridized carbons (Fsp3) is 0.417. The second-order valence-corrected chi connectivity index (χ2v) is 4.43. The molecule has 112 valence electrons. The highest BCUT2D eigenvalue weighted by molar-refractivity contribution is 6.00. The van der Waals surface area contributed by atoms with Crippen molar-refractivity contribution in [1.82, 2.24) is 25.1 Å². The van der Waals surface area contributed by atoms with Gasteiger partial charge in [0.1, 0.15) is 5.82 Å². The van der Waals surface area contributed by atoms with Crippen molar-refractivity contribution in [2.45, 2.75) is 19.8 Å². The summed E-state index contributed by atoms with van der Waals surface area (Å²) in [6.07, 6.45) is 0. The van der Waals surface area contributed by atoms with Gasteiger partial charge in [0.2, 0.25) is 23.5 Å². The van der Waals surface area contributed by atoms with Crippen LogP contribution in [0.1, 0.15) is 36.2 Å². The van der Waals surface area contributed by atoms with Gasteiger partial charge in [-0.25, -0.2) is 4.98 Å². The number of amides is 1. The molecule has 9 heteroatoms. The quantitative estimate of drug-likeness (QED) is 0.844. The van der Waals surface area contributed by atoms with Crippen LogP contribution in [0.25, 0.3) is 0 Å². The maximum Gasteiger partial charge on any atom is 0.297 e. The van der Waals surface area contributed by atoms with Crippen molar-refractivity contribution < 1.29 is 14.3 Å². The average molecular weight is 292 g/mol. The summed E-state index contributed by atoms with van der Waals surface area (Å²) in [4.78, 5) is 24.1. The SMILES string of the molecule is COc1cc(OC)nc(NC(=O)c2n[nH]c(C(C)C)n2)n1. The van der Waals surface area contributed by atoms with E-state index in [9.17, 15) is 4.79 Å². The van der Waals surface area contributed by atoms with Crippen LogP contribution in [0.15, 0.2) is 6.07 Å². The van der Waals surface area contributed by atoms with Crippen LogP contribution in [0, 0.1) is 0 Å². The first-order chi connectivity index (χ1) is 10.0. The molecule has 2 aromatic rings. The van der Waals surface area contributed by atoms with Gasteiger partial charge in [0, 0.05) is 5.92 Å². The number of nitrogens with zero attached hydrogens (tertiary/aromatic N) is 4. The Morgan fingerprint density at radius 3 is 2.29 bits per heavy atom. The predicted molar refractivity (Wildman–Crippen MR) is 73.6 cm³/mol. The number of rotatable bonds is 5. The topological polar surface area (TPSA) is 115 Å². The van der Waals surface area contributed by atoms with Gasteiger partial charge in [-0.05, 0) is 0 Å². The van der Waals surface area contributed by atoms with Crippen LogP contribution in [0.4, 0.5) is 5.95 Å². The molecule has 0 atom stereocenters. The smallest absolute Gasteiger partial charge is 0.297 e. The first kappa shape index (κ1) is 14.7. The third-order valence-electron chi connectivity index (χ3n) is 2.58. The lowest BCUT2D eigenvalue weighted by molar-refractivity contribution is 0.101. The van der Waals surface area contributed by atoms with E-state index in [1.165, 1.54) is 20.3 Å². The van der Waals surface area contributed by atoms with Crippen LogP contribution in [0.5, 0.6) is 11.8 Å². The van der Waals surface area contributed by atoms with Crippen molar-refractivity contribution in [1.29, 1.82) is 0 Å². The Morgan fingerprint density at radius 1 is 1.19 bits per heavy atom. The average Bonchev–Trinajstić information content (AvgIpc) is 2.97. The number of carbonyl (C=O) groups excluding carboxylic acids is 1. The first-order valence-electron chi connectivity index (χ1n) is 6.24. The molecule has 0 aliphatic rings. The lowest BCUT2D eigenvalue weighted by Gasteiger charge is -2.06. The van der Waals surface area contributed by atoms with E-state index in [2.05, 4.69) is 30.5 Å². The molecule has 0 radical (unpaired) electrons. The molecule has 0 saturated heterocycles. The van der Waals surface area contributed by atoms with E-state index in [0.29, 0.717) is 5.82 Å². The van der Waals surface area contributed by atoms with Crippen LogP contribution in [0.3, 0.4) is 0 Å². The maximum absolute atomic E-state index is 12.0. The summed E-state index contributed by atoms with van der Waals surface area (Å²) in [5.74, 6) is 0.867. The summed E-state index contributed by atoms with van der Waals surface area (Å²) in [6, 6.07) is 1.50. The highest BCUT2D eigenvalue weighted by atomic mass is 16.5. The Morgan fingerprint density at radius 2 is 1.81 bits per heavy atom. The van der Waals surface area contributed by atoms with Gasteiger partial charge < -0.3 is 9.47 Å². The lowest BCUT2D eigenvalue weighted by Crippen LogP contribution is -2.16.